The molecule has 1 aliphatic heterocycles. The van der Waals surface area contributed by atoms with Crippen molar-refractivity contribution in [3.63, 3.8) is 0 Å². The highest BCUT2D eigenvalue weighted by atomic mass is 19.1. The lowest BCUT2D eigenvalue weighted by atomic mass is 9.82. The van der Waals surface area contributed by atoms with Crippen LogP contribution in [0.15, 0.2) is 18.2 Å². The average Bonchev–Trinajstić information content (AvgIpc) is 2.77. The molecule has 2 rings (SSSR count). The molecule has 1 aromatic rings. The van der Waals surface area contributed by atoms with E-state index in [0.29, 0.717) is 11.1 Å². The molecular weight excluding hydrogens is 227 g/mol. The van der Waals surface area contributed by atoms with Gasteiger partial charge in [0.15, 0.2) is 0 Å². The second-order valence-corrected chi connectivity index (χ2v) is 5.51. The average molecular weight is 250 g/mol. The lowest BCUT2D eigenvalue weighted by Gasteiger charge is -2.26. The van der Waals surface area contributed by atoms with Gasteiger partial charge in [-0.2, -0.15) is 0 Å². The summed E-state index contributed by atoms with van der Waals surface area (Å²) < 4.78 is 13.0. The standard InChI is InChI=1S/C15H23FN2/c1-3-15(4-2)7-8-18(11-15)10-12-5-6-13(16)9-14(12)17/h5-6,9H,3-4,7-8,10-11,17H2,1-2H3. The fourth-order valence-corrected chi connectivity index (χ4v) is 2.94. The Morgan fingerprint density at radius 3 is 2.61 bits per heavy atom. The smallest absolute Gasteiger partial charge is 0.125 e. The molecule has 100 valence electrons. The van der Waals surface area contributed by atoms with Crippen LogP contribution in [0.5, 0.6) is 0 Å². The molecule has 0 radical (unpaired) electrons. The Morgan fingerprint density at radius 1 is 1.33 bits per heavy atom. The molecule has 0 bridgehead atoms. The molecular formula is C15H23FN2. The molecule has 0 saturated carbocycles. The summed E-state index contributed by atoms with van der Waals surface area (Å²) in [6.45, 7) is 7.65. The van der Waals surface area contributed by atoms with Crippen molar-refractivity contribution < 1.29 is 4.39 Å². The summed E-state index contributed by atoms with van der Waals surface area (Å²) in [4.78, 5) is 2.44. The van der Waals surface area contributed by atoms with Crippen LogP contribution in [0, 0.1) is 11.2 Å². The number of halogens is 1. The largest absolute Gasteiger partial charge is 0.398 e. The number of nitrogen functional groups attached to an aromatic ring is 1. The Morgan fingerprint density at radius 2 is 2.06 bits per heavy atom. The van der Waals surface area contributed by atoms with Crippen LogP contribution in [0.4, 0.5) is 10.1 Å². The number of likely N-dealkylation sites (tertiary alicyclic amines) is 1. The van der Waals surface area contributed by atoms with Gasteiger partial charge >= 0.3 is 0 Å². The van der Waals surface area contributed by atoms with Gasteiger partial charge in [0.2, 0.25) is 0 Å². The molecule has 1 aromatic carbocycles. The van der Waals surface area contributed by atoms with Gasteiger partial charge in [-0.3, -0.25) is 4.90 Å². The molecule has 1 heterocycles. The third-order valence-electron chi connectivity index (χ3n) is 4.52. The number of nitrogens with zero attached hydrogens (tertiary/aromatic N) is 1. The van der Waals surface area contributed by atoms with Crippen molar-refractivity contribution in [2.24, 2.45) is 5.41 Å². The molecule has 18 heavy (non-hydrogen) atoms. The minimum absolute atomic E-state index is 0.255. The van der Waals surface area contributed by atoms with Crippen LogP contribution in [-0.4, -0.2) is 18.0 Å². The molecule has 2 N–H and O–H groups in total. The normalized spacial score (nSPS) is 19.3. The minimum Gasteiger partial charge on any atom is -0.398 e. The molecule has 1 fully saturated rings. The van der Waals surface area contributed by atoms with Crippen molar-refractivity contribution in [1.29, 1.82) is 0 Å². The van der Waals surface area contributed by atoms with Crippen LogP contribution in [0.2, 0.25) is 0 Å². The lowest BCUT2D eigenvalue weighted by molar-refractivity contribution is 0.236. The molecule has 0 spiro atoms. The Hall–Kier alpha value is -1.09. The highest BCUT2D eigenvalue weighted by molar-refractivity contribution is 5.46. The second kappa shape index (κ2) is 5.27. The third-order valence-corrected chi connectivity index (χ3v) is 4.52. The highest BCUT2D eigenvalue weighted by Gasteiger charge is 2.34. The summed E-state index contributed by atoms with van der Waals surface area (Å²) in [5.41, 5.74) is 7.96. The van der Waals surface area contributed by atoms with E-state index in [4.69, 9.17) is 5.73 Å². The molecule has 3 heteroatoms. The molecule has 1 aliphatic rings. The first-order valence-corrected chi connectivity index (χ1v) is 6.85. The van der Waals surface area contributed by atoms with Gasteiger partial charge in [0.25, 0.3) is 0 Å². The fourth-order valence-electron chi connectivity index (χ4n) is 2.94. The Balaban J connectivity index is 2.03. The maximum Gasteiger partial charge on any atom is 0.125 e. The lowest BCUT2D eigenvalue weighted by Crippen LogP contribution is -2.26. The zero-order valence-electron chi connectivity index (χ0n) is 11.4. The van der Waals surface area contributed by atoms with Crippen molar-refractivity contribution in [2.75, 3.05) is 18.8 Å². The molecule has 0 amide bonds. The van der Waals surface area contributed by atoms with Crippen LogP contribution in [-0.2, 0) is 6.54 Å². The minimum atomic E-state index is -0.255. The Kier molecular flexibility index (Phi) is 3.91. The van der Waals surface area contributed by atoms with Crippen molar-refractivity contribution >= 4 is 5.69 Å². The topological polar surface area (TPSA) is 29.3 Å². The van der Waals surface area contributed by atoms with Crippen molar-refractivity contribution in [3.8, 4) is 0 Å². The van der Waals surface area contributed by atoms with Gasteiger partial charge in [0.1, 0.15) is 5.82 Å². The molecule has 0 aromatic heterocycles. The SMILES string of the molecule is CCC1(CC)CCN(Cc2ccc(F)cc2N)C1. The quantitative estimate of drug-likeness (QED) is 0.830. The zero-order valence-corrected chi connectivity index (χ0v) is 11.4. The van der Waals surface area contributed by atoms with E-state index in [2.05, 4.69) is 18.7 Å². The van der Waals surface area contributed by atoms with Gasteiger partial charge in [-0.15, -0.1) is 0 Å². The second-order valence-electron chi connectivity index (χ2n) is 5.51. The fraction of sp³-hybridized carbons (Fsp3) is 0.600. The van der Waals surface area contributed by atoms with E-state index in [1.54, 1.807) is 0 Å². The van der Waals surface area contributed by atoms with Gasteiger partial charge in [0.05, 0.1) is 0 Å². The summed E-state index contributed by atoms with van der Waals surface area (Å²) in [6.07, 6.45) is 3.74. The zero-order chi connectivity index (χ0) is 13.2. The highest BCUT2D eigenvalue weighted by Crippen LogP contribution is 2.37. The van der Waals surface area contributed by atoms with Gasteiger partial charge in [-0.05, 0) is 48.9 Å². The monoisotopic (exact) mass is 250 g/mol. The summed E-state index contributed by atoms with van der Waals surface area (Å²) in [7, 11) is 0. The first-order valence-electron chi connectivity index (χ1n) is 6.85. The molecule has 0 atom stereocenters. The number of benzene rings is 1. The van der Waals surface area contributed by atoms with Gasteiger partial charge in [0, 0.05) is 18.8 Å². The molecule has 1 saturated heterocycles. The first kappa shape index (κ1) is 13.3. The van der Waals surface area contributed by atoms with Crippen molar-refractivity contribution in [1.82, 2.24) is 4.90 Å². The summed E-state index contributed by atoms with van der Waals surface area (Å²) >= 11 is 0. The maximum absolute atomic E-state index is 13.0. The predicted octanol–water partition coefficient (Wildman–Crippen LogP) is 3.42. The van der Waals surface area contributed by atoms with E-state index in [-0.39, 0.29) is 5.82 Å². The van der Waals surface area contributed by atoms with Crippen LogP contribution >= 0.6 is 0 Å². The number of nitrogens with two attached hydrogens (primary N) is 1. The van der Waals surface area contributed by atoms with Crippen LogP contribution in [0.25, 0.3) is 0 Å². The van der Waals surface area contributed by atoms with E-state index in [9.17, 15) is 4.39 Å². The van der Waals surface area contributed by atoms with Crippen molar-refractivity contribution in [2.45, 2.75) is 39.7 Å². The van der Waals surface area contributed by atoms with E-state index in [1.807, 2.05) is 6.07 Å². The van der Waals surface area contributed by atoms with Crippen LogP contribution < -0.4 is 5.73 Å². The summed E-state index contributed by atoms with van der Waals surface area (Å²) in [5.74, 6) is -0.255. The van der Waals surface area contributed by atoms with Crippen LogP contribution in [0.1, 0.15) is 38.7 Å². The van der Waals surface area contributed by atoms with E-state index >= 15 is 0 Å². The number of hydrogen-bond donors (Lipinski definition) is 1. The van der Waals surface area contributed by atoms with Gasteiger partial charge in [-0.25, -0.2) is 4.39 Å². The van der Waals surface area contributed by atoms with Gasteiger partial charge < -0.3 is 5.73 Å². The first-order chi connectivity index (χ1) is 8.58. The van der Waals surface area contributed by atoms with E-state index in [0.717, 1.165) is 25.2 Å². The predicted molar refractivity (Wildman–Crippen MR) is 73.7 cm³/mol. The summed E-state index contributed by atoms with van der Waals surface area (Å²) in [6, 6.07) is 4.72. The van der Waals surface area contributed by atoms with Crippen molar-refractivity contribution in [3.05, 3.63) is 29.6 Å². The Labute approximate surface area is 109 Å². The summed E-state index contributed by atoms with van der Waals surface area (Å²) in [5, 5.41) is 0. The number of hydrogen-bond acceptors (Lipinski definition) is 2. The van der Waals surface area contributed by atoms with Gasteiger partial charge in [-0.1, -0.05) is 19.9 Å². The molecule has 0 aliphatic carbocycles. The molecule has 0 unspecified atom stereocenters. The Bertz CT molecular complexity index is 413. The number of anilines is 1. The number of rotatable bonds is 4. The third kappa shape index (κ3) is 2.66. The maximum atomic E-state index is 13.0. The van der Waals surface area contributed by atoms with E-state index < -0.39 is 0 Å². The van der Waals surface area contributed by atoms with E-state index in [1.165, 1.54) is 31.4 Å². The van der Waals surface area contributed by atoms with Crippen LogP contribution in [0.3, 0.4) is 0 Å². The molecule has 2 nitrogen and oxygen atoms in total.